The lowest BCUT2D eigenvalue weighted by Gasteiger charge is -2.17. The second kappa shape index (κ2) is 7.03. The Morgan fingerprint density at radius 1 is 1.52 bits per heavy atom. The molecule has 3 amide bonds. The molecule has 1 aliphatic heterocycles. The van der Waals surface area contributed by atoms with Crippen LogP contribution in [-0.4, -0.2) is 44.8 Å². The zero-order valence-corrected chi connectivity index (χ0v) is 11.8. The molecule has 0 saturated carbocycles. The normalized spacial score (nSPS) is 17.9. The number of carbonyl (C=O) groups is 2. The average molecular weight is 295 g/mol. The van der Waals surface area contributed by atoms with Crippen LogP contribution in [0, 0.1) is 5.82 Å². The van der Waals surface area contributed by atoms with Crippen LogP contribution in [0.5, 0.6) is 0 Å². The van der Waals surface area contributed by atoms with Crippen LogP contribution < -0.4 is 15.5 Å². The molecule has 1 aromatic carbocycles. The van der Waals surface area contributed by atoms with Crippen LogP contribution in [0.25, 0.3) is 0 Å². The molecule has 0 aliphatic carbocycles. The topological polar surface area (TPSA) is 70.7 Å². The molecule has 0 radical (unpaired) electrons. The number of nitrogens with zero attached hydrogens (tertiary/aromatic N) is 1. The highest BCUT2D eigenvalue weighted by atomic mass is 19.1. The zero-order chi connectivity index (χ0) is 15.2. The standard InChI is InChI=1S/C14H18FN3O3/c1-21-6-5-16-14(20)17-11-8-13(19)18(9-11)12-4-2-3-10(15)7-12/h2-4,7,11H,5-6,8-9H2,1H3,(H2,16,17,20). The third-order valence-electron chi connectivity index (χ3n) is 3.17. The van der Waals surface area contributed by atoms with Crippen LogP contribution in [0.1, 0.15) is 6.42 Å². The molecular weight excluding hydrogens is 277 g/mol. The minimum Gasteiger partial charge on any atom is -0.383 e. The average Bonchev–Trinajstić information content (AvgIpc) is 2.80. The minimum absolute atomic E-state index is 0.136. The lowest BCUT2D eigenvalue weighted by atomic mass is 10.2. The van der Waals surface area contributed by atoms with Gasteiger partial charge in [-0.25, -0.2) is 9.18 Å². The highest BCUT2D eigenvalue weighted by molar-refractivity contribution is 5.96. The molecule has 21 heavy (non-hydrogen) atoms. The number of benzene rings is 1. The second-order valence-electron chi connectivity index (χ2n) is 4.78. The minimum atomic E-state index is -0.394. The summed E-state index contributed by atoms with van der Waals surface area (Å²) >= 11 is 0. The highest BCUT2D eigenvalue weighted by Gasteiger charge is 2.31. The van der Waals surface area contributed by atoms with Crippen LogP contribution in [0.4, 0.5) is 14.9 Å². The number of nitrogens with one attached hydrogen (secondary N) is 2. The van der Waals surface area contributed by atoms with Gasteiger partial charge in [-0.15, -0.1) is 0 Å². The fraction of sp³-hybridized carbons (Fsp3) is 0.429. The van der Waals surface area contributed by atoms with E-state index in [1.165, 1.54) is 17.0 Å². The van der Waals surface area contributed by atoms with Gasteiger partial charge in [0.25, 0.3) is 0 Å². The summed E-state index contributed by atoms with van der Waals surface area (Å²) in [5.74, 6) is -0.531. The molecule has 7 heteroatoms. The maximum absolute atomic E-state index is 13.2. The summed E-state index contributed by atoms with van der Waals surface area (Å²) in [6, 6.07) is 5.22. The Kier molecular flexibility index (Phi) is 5.10. The van der Waals surface area contributed by atoms with Gasteiger partial charge >= 0.3 is 6.03 Å². The molecule has 1 atom stereocenters. The van der Waals surface area contributed by atoms with Crippen LogP contribution in [0.2, 0.25) is 0 Å². The van der Waals surface area contributed by atoms with Gasteiger partial charge in [0.05, 0.1) is 12.6 Å². The Balaban J connectivity index is 1.89. The van der Waals surface area contributed by atoms with Crippen molar-refractivity contribution in [2.24, 2.45) is 0 Å². The second-order valence-corrected chi connectivity index (χ2v) is 4.78. The van der Waals surface area contributed by atoms with Crippen molar-refractivity contribution in [3.05, 3.63) is 30.1 Å². The summed E-state index contributed by atoms with van der Waals surface area (Å²) in [5, 5.41) is 5.34. The van der Waals surface area contributed by atoms with Gasteiger partial charge in [0.2, 0.25) is 5.91 Å². The lowest BCUT2D eigenvalue weighted by molar-refractivity contribution is -0.117. The van der Waals surface area contributed by atoms with Crippen LogP contribution in [0.3, 0.4) is 0 Å². The van der Waals surface area contributed by atoms with Gasteiger partial charge in [0.15, 0.2) is 0 Å². The number of methoxy groups -OCH3 is 1. The lowest BCUT2D eigenvalue weighted by Crippen LogP contribution is -2.44. The SMILES string of the molecule is COCCNC(=O)NC1CC(=O)N(c2cccc(F)c2)C1. The number of carbonyl (C=O) groups excluding carboxylic acids is 2. The molecule has 1 fully saturated rings. The van der Waals surface area contributed by atoms with Gasteiger partial charge in [0.1, 0.15) is 5.82 Å². The van der Waals surface area contributed by atoms with Gasteiger partial charge in [-0.2, -0.15) is 0 Å². The van der Waals surface area contributed by atoms with E-state index in [0.29, 0.717) is 25.4 Å². The zero-order valence-electron chi connectivity index (χ0n) is 11.8. The van der Waals surface area contributed by atoms with Crippen molar-refractivity contribution >= 4 is 17.6 Å². The first kappa shape index (κ1) is 15.2. The van der Waals surface area contributed by atoms with Gasteiger partial charge in [-0.05, 0) is 18.2 Å². The predicted molar refractivity (Wildman–Crippen MR) is 75.6 cm³/mol. The molecule has 1 aromatic rings. The summed E-state index contributed by atoms with van der Waals surface area (Å²) in [6.45, 7) is 1.16. The van der Waals surface area contributed by atoms with E-state index in [1.54, 1.807) is 19.2 Å². The Morgan fingerprint density at radius 2 is 2.33 bits per heavy atom. The first-order valence-corrected chi connectivity index (χ1v) is 6.69. The van der Waals surface area contributed by atoms with E-state index in [-0.39, 0.29) is 24.4 Å². The van der Waals surface area contributed by atoms with E-state index >= 15 is 0 Å². The first-order valence-electron chi connectivity index (χ1n) is 6.69. The molecule has 2 rings (SSSR count). The number of rotatable bonds is 5. The Labute approximate surface area is 122 Å². The van der Waals surface area contributed by atoms with Gasteiger partial charge in [-0.3, -0.25) is 4.79 Å². The molecule has 1 aliphatic rings. The molecule has 2 N–H and O–H groups in total. The van der Waals surface area contributed by atoms with Crippen molar-refractivity contribution in [3.8, 4) is 0 Å². The van der Waals surface area contributed by atoms with Crippen molar-refractivity contribution < 1.29 is 18.7 Å². The van der Waals surface area contributed by atoms with Gasteiger partial charge in [0, 0.05) is 32.3 Å². The van der Waals surface area contributed by atoms with Crippen molar-refractivity contribution in [3.63, 3.8) is 0 Å². The van der Waals surface area contributed by atoms with Crippen molar-refractivity contribution in [1.82, 2.24) is 10.6 Å². The number of hydrogen-bond acceptors (Lipinski definition) is 3. The molecule has 1 unspecified atom stereocenters. The van der Waals surface area contributed by atoms with Gasteiger partial charge in [-0.1, -0.05) is 6.07 Å². The molecule has 114 valence electrons. The van der Waals surface area contributed by atoms with E-state index in [4.69, 9.17) is 4.74 Å². The van der Waals surface area contributed by atoms with Crippen molar-refractivity contribution in [1.29, 1.82) is 0 Å². The number of amides is 3. The number of hydrogen-bond donors (Lipinski definition) is 2. The molecule has 0 bridgehead atoms. The van der Waals surface area contributed by atoms with E-state index < -0.39 is 5.82 Å². The Bertz CT molecular complexity index is 524. The first-order chi connectivity index (χ1) is 10.1. The third kappa shape index (κ3) is 4.16. The monoisotopic (exact) mass is 295 g/mol. The smallest absolute Gasteiger partial charge is 0.315 e. The Morgan fingerprint density at radius 3 is 3.05 bits per heavy atom. The molecule has 6 nitrogen and oxygen atoms in total. The number of anilines is 1. The van der Waals surface area contributed by atoms with E-state index in [1.807, 2.05) is 0 Å². The number of halogens is 1. The van der Waals surface area contributed by atoms with Crippen molar-refractivity contribution in [2.45, 2.75) is 12.5 Å². The molecular formula is C14H18FN3O3. The molecule has 0 spiro atoms. The molecule has 1 saturated heterocycles. The quantitative estimate of drug-likeness (QED) is 0.792. The van der Waals surface area contributed by atoms with E-state index in [0.717, 1.165) is 0 Å². The Hall–Kier alpha value is -2.15. The van der Waals surface area contributed by atoms with Crippen LogP contribution in [0.15, 0.2) is 24.3 Å². The van der Waals surface area contributed by atoms with Crippen LogP contribution >= 0.6 is 0 Å². The van der Waals surface area contributed by atoms with Crippen LogP contribution in [-0.2, 0) is 9.53 Å². The third-order valence-corrected chi connectivity index (χ3v) is 3.17. The fourth-order valence-corrected chi connectivity index (χ4v) is 2.20. The number of urea groups is 1. The summed E-state index contributed by atoms with van der Waals surface area (Å²) < 4.78 is 18.0. The van der Waals surface area contributed by atoms with E-state index in [2.05, 4.69) is 10.6 Å². The largest absolute Gasteiger partial charge is 0.383 e. The maximum Gasteiger partial charge on any atom is 0.315 e. The fourth-order valence-electron chi connectivity index (χ4n) is 2.20. The number of ether oxygens (including phenoxy) is 1. The summed E-state index contributed by atoms with van der Waals surface area (Å²) in [6.07, 6.45) is 0.203. The molecule has 1 heterocycles. The predicted octanol–water partition coefficient (Wildman–Crippen LogP) is 0.877. The molecule has 0 aromatic heterocycles. The summed E-state index contributed by atoms with van der Waals surface area (Å²) in [7, 11) is 1.55. The highest BCUT2D eigenvalue weighted by Crippen LogP contribution is 2.22. The maximum atomic E-state index is 13.2. The summed E-state index contributed by atoms with van der Waals surface area (Å²) in [4.78, 5) is 25.0. The van der Waals surface area contributed by atoms with Crippen molar-refractivity contribution in [2.75, 3.05) is 31.7 Å². The van der Waals surface area contributed by atoms with Gasteiger partial charge < -0.3 is 20.3 Å². The van der Waals surface area contributed by atoms with E-state index in [9.17, 15) is 14.0 Å². The summed E-state index contributed by atoms with van der Waals surface area (Å²) in [5.41, 5.74) is 0.504.